The van der Waals surface area contributed by atoms with E-state index in [1.807, 2.05) is 45.9 Å². The van der Waals surface area contributed by atoms with Gasteiger partial charge >= 0.3 is 5.97 Å². The highest BCUT2D eigenvalue weighted by atomic mass is 16.5. The molecule has 0 saturated carbocycles. The minimum absolute atomic E-state index is 0.174. The average Bonchev–Trinajstić information content (AvgIpc) is 2.78. The number of benzene rings is 2. The van der Waals surface area contributed by atoms with Gasteiger partial charge in [0, 0.05) is 5.41 Å². The Hall–Kier alpha value is -2.53. The maximum atomic E-state index is 10.8. The predicted octanol–water partition coefficient (Wildman–Crippen LogP) is 5.80. The molecule has 2 rings (SSSR count). The fourth-order valence-electron chi connectivity index (χ4n) is 4.26. The molecule has 0 spiro atoms. The van der Waals surface area contributed by atoms with E-state index in [2.05, 4.69) is 32.0 Å². The molecule has 5 heteroatoms. The molecule has 2 aromatic rings. The van der Waals surface area contributed by atoms with Crippen LogP contribution >= 0.6 is 0 Å². The van der Waals surface area contributed by atoms with Crippen molar-refractivity contribution in [1.29, 1.82) is 0 Å². The lowest BCUT2D eigenvalue weighted by Gasteiger charge is -2.34. The van der Waals surface area contributed by atoms with Crippen molar-refractivity contribution in [3.63, 3.8) is 0 Å². The van der Waals surface area contributed by atoms with Crippen molar-refractivity contribution in [2.45, 2.75) is 78.2 Å². The van der Waals surface area contributed by atoms with Crippen LogP contribution in [0.5, 0.6) is 11.5 Å². The highest BCUT2D eigenvalue weighted by Crippen LogP contribution is 2.41. The van der Waals surface area contributed by atoms with Gasteiger partial charge in [0.2, 0.25) is 0 Å². The second-order valence-electron chi connectivity index (χ2n) is 8.65. The van der Waals surface area contributed by atoms with Gasteiger partial charge in [0.15, 0.2) is 6.61 Å². The van der Waals surface area contributed by atoms with Crippen molar-refractivity contribution in [2.24, 2.45) is 0 Å². The summed E-state index contributed by atoms with van der Waals surface area (Å²) < 4.78 is 11.4. The first-order valence-electron chi connectivity index (χ1n) is 11.6. The van der Waals surface area contributed by atoms with Crippen LogP contribution < -0.4 is 9.47 Å². The lowest BCUT2D eigenvalue weighted by atomic mass is 9.70. The fraction of sp³-hybridized carbons (Fsp3) is 0.519. The number of hydrogen-bond donors (Lipinski definition) is 2. The summed E-state index contributed by atoms with van der Waals surface area (Å²) in [5.74, 6) is 0.402. The quantitative estimate of drug-likeness (QED) is 0.434. The number of ether oxygens (including phenoxy) is 2. The van der Waals surface area contributed by atoms with Gasteiger partial charge in [0.1, 0.15) is 18.1 Å². The molecule has 0 amide bonds. The summed E-state index contributed by atoms with van der Waals surface area (Å²) in [6.45, 7) is 12.2. The van der Waals surface area contributed by atoms with E-state index in [1.54, 1.807) is 0 Å². The molecule has 0 unspecified atom stereocenters. The first kappa shape index (κ1) is 25.7. The van der Waals surface area contributed by atoms with E-state index in [4.69, 9.17) is 14.6 Å². The zero-order valence-corrected chi connectivity index (χ0v) is 20.3. The third-order valence-corrected chi connectivity index (χ3v) is 6.83. The van der Waals surface area contributed by atoms with Crippen molar-refractivity contribution >= 4 is 5.97 Å². The van der Waals surface area contributed by atoms with Crippen LogP contribution in [0.25, 0.3) is 0 Å². The Balaban J connectivity index is 2.36. The van der Waals surface area contributed by atoms with Crippen molar-refractivity contribution in [2.75, 3.05) is 13.2 Å². The molecule has 176 valence electrons. The van der Waals surface area contributed by atoms with Crippen LogP contribution in [0, 0.1) is 13.8 Å². The Bertz CT molecular complexity index is 910. The highest BCUT2D eigenvalue weighted by molar-refractivity contribution is 5.68. The smallest absolute Gasteiger partial charge is 0.341 e. The molecule has 2 aromatic carbocycles. The SMILES string of the molecule is CCC(O)(CC)COc1ccc(C(CC)(CC)c2ccc(OCC(=O)O)c(C)c2)cc1C. The highest BCUT2D eigenvalue weighted by Gasteiger charge is 2.32. The van der Waals surface area contributed by atoms with Crippen LogP contribution in [0.2, 0.25) is 0 Å². The van der Waals surface area contributed by atoms with Gasteiger partial charge in [-0.2, -0.15) is 0 Å². The van der Waals surface area contributed by atoms with Crippen LogP contribution in [0.4, 0.5) is 0 Å². The minimum atomic E-state index is -0.987. The van der Waals surface area contributed by atoms with Gasteiger partial charge < -0.3 is 19.7 Å². The molecule has 0 radical (unpaired) electrons. The number of hydrogen-bond acceptors (Lipinski definition) is 4. The number of aliphatic carboxylic acids is 1. The van der Waals surface area contributed by atoms with E-state index in [1.165, 1.54) is 11.1 Å². The summed E-state index contributed by atoms with van der Waals surface area (Å²) in [6.07, 6.45) is 3.15. The molecule has 0 aliphatic heterocycles. The van der Waals surface area contributed by atoms with Crippen LogP contribution in [0.1, 0.15) is 75.6 Å². The first-order valence-corrected chi connectivity index (χ1v) is 11.6. The third kappa shape index (κ3) is 5.63. The molecule has 0 aliphatic rings. The summed E-state index contributed by atoms with van der Waals surface area (Å²) >= 11 is 0. The van der Waals surface area contributed by atoms with Gasteiger partial charge in [0.05, 0.1) is 5.60 Å². The standard InChI is InChI=1S/C27H38O5/c1-7-26(30,8-2)18-32-24-14-12-22(16-20(24)6)27(9-3,10-4)21-11-13-23(19(5)15-21)31-17-25(28)29/h11-16,30H,7-10,17-18H2,1-6H3,(H,28,29). The second kappa shape index (κ2) is 10.9. The Morgan fingerprint density at radius 3 is 1.66 bits per heavy atom. The normalized spacial score (nSPS) is 12.0. The molecule has 0 heterocycles. The number of aryl methyl sites for hydroxylation is 2. The van der Waals surface area contributed by atoms with E-state index in [0.717, 1.165) is 29.7 Å². The molecule has 0 saturated heterocycles. The van der Waals surface area contributed by atoms with Crippen molar-refractivity contribution in [3.05, 3.63) is 58.7 Å². The molecule has 32 heavy (non-hydrogen) atoms. The Morgan fingerprint density at radius 2 is 1.28 bits per heavy atom. The van der Waals surface area contributed by atoms with E-state index in [-0.39, 0.29) is 18.6 Å². The van der Waals surface area contributed by atoms with Crippen LogP contribution in [-0.4, -0.2) is 35.0 Å². The van der Waals surface area contributed by atoms with Crippen molar-refractivity contribution < 1.29 is 24.5 Å². The largest absolute Gasteiger partial charge is 0.490 e. The van der Waals surface area contributed by atoms with Gasteiger partial charge in [-0.3, -0.25) is 0 Å². The van der Waals surface area contributed by atoms with Crippen LogP contribution in [0.3, 0.4) is 0 Å². The van der Waals surface area contributed by atoms with E-state index >= 15 is 0 Å². The average molecular weight is 443 g/mol. The summed E-state index contributed by atoms with van der Waals surface area (Å²) in [7, 11) is 0. The zero-order chi connectivity index (χ0) is 23.9. The summed E-state index contributed by atoms with van der Waals surface area (Å²) in [5.41, 5.74) is 3.39. The van der Waals surface area contributed by atoms with E-state index < -0.39 is 11.6 Å². The molecular weight excluding hydrogens is 404 g/mol. The molecule has 5 nitrogen and oxygen atoms in total. The Morgan fingerprint density at radius 1 is 0.812 bits per heavy atom. The van der Waals surface area contributed by atoms with Gasteiger partial charge in [-0.25, -0.2) is 4.79 Å². The number of carboxylic acids is 1. The molecule has 0 aliphatic carbocycles. The number of carbonyl (C=O) groups is 1. The topological polar surface area (TPSA) is 76.0 Å². The fourth-order valence-corrected chi connectivity index (χ4v) is 4.26. The lowest BCUT2D eigenvalue weighted by Crippen LogP contribution is -2.34. The molecule has 0 fully saturated rings. The van der Waals surface area contributed by atoms with Gasteiger partial charge in [-0.1, -0.05) is 52.0 Å². The third-order valence-electron chi connectivity index (χ3n) is 6.83. The Kier molecular flexibility index (Phi) is 8.73. The van der Waals surface area contributed by atoms with E-state index in [9.17, 15) is 9.90 Å². The number of aliphatic hydroxyl groups is 1. The summed E-state index contributed by atoms with van der Waals surface area (Å²) in [6, 6.07) is 12.3. The molecule has 0 bridgehead atoms. The Labute approximate surface area is 192 Å². The number of carboxylic acid groups (broad SMARTS) is 1. The van der Waals surface area contributed by atoms with E-state index in [0.29, 0.717) is 18.6 Å². The van der Waals surface area contributed by atoms with Crippen LogP contribution in [0.15, 0.2) is 36.4 Å². The molecular formula is C27H38O5. The molecule has 0 aromatic heterocycles. The predicted molar refractivity (Wildman–Crippen MR) is 128 cm³/mol. The number of rotatable bonds is 12. The lowest BCUT2D eigenvalue weighted by molar-refractivity contribution is -0.139. The second-order valence-corrected chi connectivity index (χ2v) is 8.65. The minimum Gasteiger partial charge on any atom is -0.490 e. The molecule has 0 atom stereocenters. The van der Waals surface area contributed by atoms with Gasteiger partial charge in [-0.05, 0) is 73.9 Å². The molecule has 2 N–H and O–H groups in total. The zero-order valence-electron chi connectivity index (χ0n) is 20.3. The monoisotopic (exact) mass is 442 g/mol. The van der Waals surface area contributed by atoms with Crippen molar-refractivity contribution in [3.8, 4) is 11.5 Å². The van der Waals surface area contributed by atoms with Gasteiger partial charge in [0.25, 0.3) is 0 Å². The van der Waals surface area contributed by atoms with Gasteiger partial charge in [-0.15, -0.1) is 0 Å². The van der Waals surface area contributed by atoms with Crippen molar-refractivity contribution in [1.82, 2.24) is 0 Å². The van der Waals surface area contributed by atoms with Crippen LogP contribution in [-0.2, 0) is 10.2 Å². The maximum absolute atomic E-state index is 10.8. The first-order chi connectivity index (χ1) is 15.1. The summed E-state index contributed by atoms with van der Waals surface area (Å²) in [5, 5.41) is 19.4. The summed E-state index contributed by atoms with van der Waals surface area (Å²) in [4.78, 5) is 10.8. The maximum Gasteiger partial charge on any atom is 0.341 e.